The molecule has 0 radical (unpaired) electrons. The maximum Gasteiger partial charge on any atom is 0.0504 e. The van der Waals surface area contributed by atoms with E-state index in [0.717, 1.165) is 25.7 Å². The van der Waals surface area contributed by atoms with Crippen LogP contribution in [0.1, 0.15) is 72.1 Å². The Balaban J connectivity index is 2.01. The highest BCUT2D eigenvalue weighted by molar-refractivity contribution is 7.86. The minimum absolute atomic E-state index is 0.168. The van der Waals surface area contributed by atoms with E-state index in [2.05, 4.69) is 20.8 Å². The van der Waals surface area contributed by atoms with Gasteiger partial charge in [-0.1, -0.05) is 40.0 Å². The van der Waals surface area contributed by atoms with Crippen LogP contribution in [0.4, 0.5) is 0 Å². The lowest BCUT2D eigenvalue weighted by atomic mass is 9.71. The first-order chi connectivity index (χ1) is 8.89. The van der Waals surface area contributed by atoms with Crippen LogP contribution >= 0.6 is 0 Å². The quantitative estimate of drug-likeness (QED) is 0.842. The fraction of sp³-hybridized carbons (Fsp3) is 1.00. The number of nitrogens with two attached hydrogens (primary N) is 1. The average molecular weight is 285 g/mol. The van der Waals surface area contributed by atoms with Crippen LogP contribution in [0.2, 0.25) is 0 Å². The van der Waals surface area contributed by atoms with Gasteiger partial charge >= 0.3 is 0 Å². The molecule has 2 fully saturated rings. The van der Waals surface area contributed by atoms with Gasteiger partial charge in [-0.25, -0.2) is 0 Å². The Bertz CT molecular complexity index is 317. The van der Waals surface area contributed by atoms with Crippen LogP contribution in [0.25, 0.3) is 0 Å². The molecule has 3 heteroatoms. The highest BCUT2D eigenvalue weighted by atomic mass is 32.2. The van der Waals surface area contributed by atoms with Crippen molar-refractivity contribution in [3.8, 4) is 0 Å². The van der Waals surface area contributed by atoms with E-state index in [9.17, 15) is 4.21 Å². The van der Waals surface area contributed by atoms with E-state index < -0.39 is 10.8 Å². The second kappa shape index (κ2) is 6.26. The number of hydrogen-bond donors (Lipinski definition) is 1. The summed E-state index contributed by atoms with van der Waals surface area (Å²) in [4.78, 5) is 0. The Labute approximate surface area is 121 Å². The maximum atomic E-state index is 12.9. The molecule has 0 spiro atoms. The van der Waals surface area contributed by atoms with E-state index in [0.29, 0.717) is 16.6 Å². The fourth-order valence-electron chi connectivity index (χ4n) is 3.75. The zero-order chi connectivity index (χ0) is 14.0. The smallest absolute Gasteiger partial charge is 0.0504 e. The maximum absolute atomic E-state index is 12.9. The molecule has 4 atom stereocenters. The van der Waals surface area contributed by atoms with Crippen molar-refractivity contribution >= 4 is 10.8 Å². The summed E-state index contributed by atoms with van der Waals surface area (Å²) in [7, 11) is -0.704. The zero-order valence-electron chi connectivity index (χ0n) is 12.9. The lowest BCUT2D eigenvalue weighted by Crippen LogP contribution is -2.47. The highest BCUT2D eigenvalue weighted by Gasteiger charge is 2.39. The molecule has 4 unspecified atom stereocenters. The minimum atomic E-state index is -0.704. The topological polar surface area (TPSA) is 43.1 Å². The first-order valence-electron chi connectivity index (χ1n) is 8.04. The summed E-state index contributed by atoms with van der Waals surface area (Å²) < 4.78 is 12.9. The van der Waals surface area contributed by atoms with Crippen molar-refractivity contribution in [2.75, 3.05) is 0 Å². The van der Waals surface area contributed by atoms with Crippen molar-refractivity contribution in [3.63, 3.8) is 0 Å². The summed E-state index contributed by atoms with van der Waals surface area (Å²) >= 11 is 0. The molecule has 0 aromatic heterocycles. The molecule has 2 N–H and O–H groups in total. The van der Waals surface area contributed by atoms with Gasteiger partial charge in [-0.05, 0) is 43.4 Å². The molecular weight excluding hydrogens is 254 g/mol. The first-order valence-corrected chi connectivity index (χ1v) is 9.32. The summed E-state index contributed by atoms with van der Waals surface area (Å²) in [5.74, 6) is 0.685. The van der Waals surface area contributed by atoms with Crippen molar-refractivity contribution in [2.24, 2.45) is 17.1 Å². The molecule has 0 aromatic carbocycles. The van der Waals surface area contributed by atoms with Crippen molar-refractivity contribution in [2.45, 2.75) is 88.7 Å². The average Bonchev–Trinajstić information content (AvgIpc) is 2.38. The third kappa shape index (κ3) is 3.81. The molecule has 2 nitrogen and oxygen atoms in total. The summed E-state index contributed by atoms with van der Waals surface area (Å²) in [5, 5.41) is 0.685. The summed E-state index contributed by atoms with van der Waals surface area (Å²) in [5.41, 5.74) is 6.63. The van der Waals surface area contributed by atoms with Crippen LogP contribution in [0, 0.1) is 11.3 Å². The Kier molecular flexibility index (Phi) is 5.10. The van der Waals surface area contributed by atoms with E-state index >= 15 is 0 Å². The van der Waals surface area contributed by atoms with Crippen LogP contribution in [0.3, 0.4) is 0 Å². The van der Waals surface area contributed by atoms with Crippen molar-refractivity contribution in [1.29, 1.82) is 0 Å². The standard InChI is InChI=1S/C16H31NOS/c1-16(2,3)12-9-10-14(17)15(11-12)19(18)13-7-5-4-6-8-13/h12-15H,4-11,17H2,1-3H3. The van der Waals surface area contributed by atoms with E-state index in [-0.39, 0.29) is 11.3 Å². The fourth-order valence-corrected chi connectivity index (χ4v) is 5.95. The van der Waals surface area contributed by atoms with Gasteiger partial charge in [0.2, 0.25) is 0 Å². The monoisotopic (exact) mass is 285 g/mol. The van der Waals surface area contributed by atoms with Crippen LogP contribution in [-0.4, -0.2) is 20.8 Å². The predicted molar refractivity (Wildman–Crippen MR) is 83.6 cm³/mol. The van der Waals surface area contributed by atoms with Crippen molar-refractivity contribution in [1.82, 2.24) is 0 Å². The van der Waals surface area contributed by atoms with Crippen LogP contribution < -0.4 is 5.73 Å². The third-order valence-corrected chi connectivity index (χ3v) is 7.51. The molecule has 2 saturated carbocycles. The van der Waals surface area contributed by atoms with Crippen molar-refractivity contribution < 1.29 is 4.21 Å². The molecule has 2 aliphatic rings. The Morgan fingerprint density at radius 2 is 1.63 bits per heavy atom. The van der Waals surface area contributed by atoms with Gasteiger partial charge in [-0.2, -0.15) is 0 Å². The zero-order valence-corrected chi connectivity index (χ0v) is 13.7. The minimum Gasteiger partial charge on any atom is -0.327 e. The molecular formula is C16H31NOS. The van der Waals surface area contributed by atoms with Gasteiger partial charge in [0.05, 0.1) is 5.25 Å². The molecule has 19 heavy (non-hydrogen) atoms. The van der Waals surface area contributed by atoms with E-state index in [1.165, 1.54) is 25.7 Å². The SMILES string of the molecule is CC(C)(C)C1CCC(N)C(S(=O)C2CCCCC2)C1. The molecule has 2 rings (SSSR count). The molecule has 0 amide bonds. The van der Waals surface area contributed by atoms with E-state index in [1.807, 2.05) is 0 Å². The highest BCUT2D eigenvalue weighted by Crippen LogP contribution is 2.40. The Hall–Kier alpha value is 0.110. The largest absolute Gasteiger partial charge is 0.327 e. The summed E-state index contributed by atoms with van der Waals surface area (Å²) in [6.45, 7) is 6.94. The van der Waals surface area contributed by atoms with Gasteiger partial charge in [-0.15, -0.1) is 0 Å². The van der Waals surface area contributed by atoms with E-state index in [1.54, 1.807) is 0 Å². The molecule has 0 bridgehead atoms. The number of rotatable bonds is 2. The predicted octanol–water partition coefficient (Wildman–Crippen LogP) is 3.61. The molecule has 0 heterocycles. The van der Waals surface area contributed by atoms with Gasteiger partial charge in [0, 0.05) is 22.1 Å². The first kappa shape index (κ1) is 15.5. The normalized spacial score (nSPS) is 36.1. The van der Waals surface area contributed by atoms with Gasteiger partial charge < -0.3 is 5.73 Å². The third-order valence-electron chi connectivity index (χ3n) is 5.25. The van der Waals surface area contributed by atoms with Gasteiger partial charge in [0.15, 0.2) is 0 Å². The summed E-state index contributed by atoms with van der Waals surface area (Å²) in [6.07, 6.45) is 9.53. The van der Waals surface area contributed by atoms with Crippen molar-refractivity contribution in [3.05, 3.63) is 0 Å². The Morgan fingerprint density at radius 3 is 2.21 bits per heavy atom. The van der Waals surface area contributed by atoms with Gasteiger partial charge in [-0.3, -0.25) is 4.21 Å². The van der Waals surface area contributed by atoms with Gasteiger partial charge in [0.1, 0.15) is 0 Å². The number of hydrogen-bond acceptors (Lipinski definition) is 2. The lowest BCUT2D eigenvalue weighted by molar-refractivity contribution is 0.172. The van der Waals surface area contributed by atoms with Crippen LogP contribution in [0.15, 0.2) is 0 Å². The van der Waals surface area contributed by atoms with Crippen LogP contribution in [-0.2, 0) is 10.8 Å². The van der Waals surface area contributed by atoms with E-state index in [4.69, 9.17) is 5.73 Å². The second-order valence-electron chi connectivity index (χ2n) is 7.67. The molecule has 0 aliphatic heterocycles. The molecule has 112 valence electrons. The molecule has 2 aliphatic carbocycles. The summed E-state index contributed by atoms with van der Waals surface area (Å²) in [6, 6.07) is 0.168. The molecule has 0 saturated heterocycles. The lowest BCUT2D eigenvalue weighted by Gasteiger charge is -2.41. The van der Waals surface area contributed by atoms with Gasteiger partial charge in [0.25, 0.3) is 0 Å². The Morgan fingerprint density at radius 1 is 1.00 bits per heavy atom. The van der Waals surface area contributed by atoms with Crippen LogP contribution in [0.5, 0.6) is 0 Å². The second-order valence-corrected chi connectivity index (χ2v) is 9.60. The molecule has 0 aromatic rings.